The van der Waals surface area contributed by atoms with E-state index in [0.717, 1.165) is 12.8 Å². The maximum Gasteiger partial charge on any atom is 0.263 e. The topological polar surface area (TPSA) is 62.1 Å². The monoisotopic (exact) mass is 196 g/mol. The summed E-state index contributed by atoms with van der Waals surface area (Å²) in [5.41, 5.74) is -0.0918. The SMILES string of the molecule is C=C(C#N)C(=O)NC(CCC)OCC. The van der Waals surface area contributed by atoms with Crippen molar-refractivity contribution in [2.24, 2.45) is 0 Å². The fraction of sp³-hybridized carbons (Fsp3) is 0.600. The molecule has 0 aromatic heterocycles. The molecule has 0 heterocycles. The number of hydrogen-bond donors (Lipinski definition) is 1. The van der Waals surface area contributed by atoms with E-state index in [1.807, 2.05) is 13.8 Å². The van der Waals surface area contributed by atoms with Crippen LogP contribution in [-0.2, 0) is 9.53 Å². The van der Waals surface area contributed by atoms with E-state index in [4.69, 9.17) is 10.00 Å². The largest absolute Gasteiger partial charge is 0.359 e. The Labute approximate surface area is 84.6 Å². The first-order valence-electron chi connectivity index (χ1n) is 4.67. The van der Waals surface area contributed by atoms with E-state index < -0.39 is 5.91 Å². The Morgan fingerprint density at radius 1 is 1.64 bits per heavy atom. The minimum atomic E-state index is -0.459. The van der Waals surface area contributed by atoms with Crippen LogP contribution in [0.15, 0.2) is 12.2 Å². The van der Waals surface area contributed by atoms with Crippen molar-refractivity contribution >= 4 is 5.91 Å². The van der Waals surface area contributed by atoms with Gasteiger partial charge < -0.3 is 10.1 Å². The molecular weight excluding hydrogens is 180 g/mol. The van der Waals surface area contributed by atoms with E-state index in [1.165, 1.54) is 0 Å². The highest BCUT2D eigenvalue weighted by Gasteiger charge is 2.12. The normalized spacial score (nSPS) is 11.5. The van der Waals surface area contributed by atoms with Gasteiger partial charge in [0.25, 0.3) is 5.91 Å². The van der Waals surface area contributed by atoms with Gasteiger partial charge in [-0.2, -0.15) is 5.26 Å². The van der Waals surface area contributed by atoms with Crippen LogP contribution >= 0.6 is 0 Å². The summed E-state index contributed by atoms with van der Waals surface area (Å²) >= 11 is 0. The fourth-order valence-corrected chi connectivity index (χ4v) is 0.945. The second-order valence-electron chi connectivity index (χ2n) is 2.80. The predicted molar refractivity (Wildman–Crippen MR) is 53.2 cm³/mol. The molecule has 0 saturated carbocycles. The van der Waals surface area contributed by atoms with Gasteiger partial charge in [-0.3, -0.25) is 4.79 Å². The average Bonchev–Trinajstić information content (AvgIpc) is 2.17. The van der Waals surface area contributed by atoms with Gasteiger partial charge in [0.2, 0.25) is 0 Å². The second kappa shape index (κ2) is 7.10. The minimum Gasteiger partial charge on any atom is -0.359 e. The number of nitrogens with one attached hydrogen (secondary N) is 1. The zero-order valence-electron chi connectivity index (χ0n) is 8.67. The van der Waals surface area contributed by atoms with E-state index in [0.29, 0.717) is 6.61 Å². The van der Waals surface area contributed by atoms with Crippen molar-refractivity contribution in [3.63, 3.8) is 0 Å². The molecule has 4 heteroatoms. The van der Waals surface area contributed by atoms with Crippen LogP contribution in [0.3, 0.4) is 0 Å². The number of nitriles is 1. The van der Waals surface area contributed by atoms with E-state index in [9.17, 15) is 4.79 Å². The third kappa shape index (κ3) is 4.63. The summed E-state index contributed by atoms with van der Waals surface area (Å²) in [6, 6.07) is 1.69. The van der Waals surface area contributed by atoms with Gasteiger partial charge in [-0.05, 0) is 13.3 Å². The summed E-state index contributed by atoms with van der Waals surface area (Å²) in [5, 5.41) is 11.0. The van der Waals surface area contributed by atoms with Gasteiger partial charge >= 0.3 is 0 Å². The van der Waals surface area contributed by atoms with E-state index >= 15 is 0 Å². The molecule has 14 heavy (non-hydrogen) atoms. The van der Waals surface area contributed by atoms with Gasteiger partial charge in [-0.15, -0.1) is 0 Å². The number of rotatable bonds is 6. The molecule has 1 unspecified atom stereocenters. The van der Waals surface area contributed by atoms with Crippen molar-refractivity contribution in [3.05, 3.63) is 12.2 Å². The number of ether oxygens (including phenoxy) is 1. The van der Waals surface area contributed by atoms with Crippen molar-refractivity contribution in [2.45, 2.75) is 32.9 Å². The molecule has 0 aromatic rings. The maximum absolute atomic E-state index is 11.2. The molecule has 1 N–H and O–H groups in total. The standard InChI is InChI=1S/C10H16N2O2/c1-4-6-9(14-5-2)12-10(13)8(3)7-11/h9H,3-6H2,1-2H3,(H,12,13). The lowest BCUT2D eigenvalue weighted by molar-refractivity contribution is -0.121. The maximum atomic E-state index is 11.2. The summed E-state index contributed by atoms with van der Waals surface area (Å²) < 4.78 is 5.27. The summed E-state index contributed by atoms with van der Waals surface area (Å²) in [6.45, 7) is 7.70. The quantitative estimate of drug-likeness (QED) is 0.396. The van der Waals surface area contributed by atoms with Gasteiger partial charge in [-0.1, -0.05) is 19.9 Å². The predicted octanol–water partition coefficient (Wildman–Crippen LogP) is 1.35. The summed E-state index contributed by atoms with van der Waals surface area (Å²) in [4.78, 5) is 11.2. The highest BCUT2D eigenvalue weighted by Crippen LogP contribution is 2.00. The minimum absolute atomic E-state index is 0.0918. The number of nitrogens with zero attached hydrogens (tertiary/aromatic N) is 1. The summed E-state index contributed by atoms with van der Waals surface area (Å²) in [7, 11) is 0. The Kier molecular flexibility index (Phi) is 6.42. The Hall–Kier alpha value is -1.34. The van der Waals surface area contributed by atoms with Crippen LogP contribution in [0.4, 0.5) is 0 Å². The van der Waals surface area contributed by atoms with Gasteiger partial charge in [0.1, 0.15) is 17.9 Å². The van der Waals surface area contributed by atoms with Crippen molar-refractivity contribution in [1.82, 2.24) is 5.32 Å². The lowest BCUT2D eigenvalue weighted by Crippen LogP contribution is -2.37. The molecule has 1 amide bonds. The molecule has 0 radical (unpaired) electrons. The van der Waals surface area contributed by atoms with E-state index in [1.54, 1.807) is 6.07 Å². The molecule has 0 spiro atoms. The van der Waals surface area contributed by atoms with Crippen LogP contribution in [0, 0.1) is 11.3 Å². The van der Waals surface area contributed by atoms with Crippen molar-refractivity contribution in [3.8, 4) is 6.07 Å². The molecule has 4 nitrogen and oxygen atoms in total. The summed E-state index contributed by atoms with van der Waals surface area (Å²) in [5.74, 6) is -0.459. The van der Waals surface area contributed by atoms with Crippen LogP contribution in [0.2, 0.25) is 0 Å². The second-order valence-corrected chi connectivity index (χ2v) is 2.80. The van der Waals surface area contributed by atoms with Crippen LogP contribution in [0.1, 0.15) is 26.7 Å². The van der Waals surface area contributed by atoms with Crippen LogP contribution in [-0.4, -0.2) is 18.7 Å². The van der Waals surface area contributed by atoms with Crippen LogP contribution < -0.4 is 5.32 Å². The molecule has 0 aliphatic carbocycles. The Bertz CT molecular complexity index is 237. The molecule has 0 saturated heterocycles. The molecule has 1 atom stereocenters. The van der Waals surface area contributed by atoms with Crippen molar-refractivity contribution < 1.29 is 9.53 Å². The first kappa shape index (κ1) is 12.7. The average molecular weight is 196 g/mol. The number of carbonyl (C=O) groups excluding carboxylic acids is 1. The first-order chi connectivity index (χ1) is 6.65. The lowest BCUT2D eigenvalue weighted by atomic mass is 10.2. The third-order valence-corrected chi connectivity index (χ3v) is 1.62. The molecule has 0 aliphatic rings. The third-order valence-electron chi connectivity index (χ3n) is 1.62. The molecule has 0 rings (SSSR count). The van der Waals surface area contributed by atoms with Gasteiger partial charge in [-0.25, -0.2) is 0 Å². The molecule has 78 valence electrons. The molecule has 0 fully saturated rings. The molecule has 0 aliphatic heterocycles. The number of amides is 1. The Morgan fingerprint density at radius 2 is 2.29 bits per heavy atom. The highest BCUT2D eigenvalue weighted by atomic mass is 16.5. The fourth-order valence-electron chi connectivity index (χ4n) is 0.945. The van der Waals surface area contributed by atoms with Crippen LogP contribution in [0.5, 0.6) is 0 Å². The number of carbonyl (C=O) groups is 1. The van der Waals surface area contributed by atoms with Crippen molar-refractivity contribution in [1.29, 1.82) is 5.26 Å². The van der Waals surface area contributed by atoms with Gasteiger partial charge in [0.05, 0.1) is 0 Å². The smallest absolute Gasteiger partial charge is 0.263 e. The Morgan fingerprint density at radius 3 is 2.71 bits per heavy atom. The van der Waals surface area contributed by atoms with Crippen LogP contribution in [0.25, 0.3) is 0 Å². The van der Waals surface area contributed by atoms with Gasteiger partial charge in [0.15, 0.2) is 0 Å². The summed E-state index contributed by atoms with van der Waals surface area (Å²) in [6.07, 6.45) is 1.32. The number of hydrogen-bond acceptors (Lipinski definition) is 3. The Balaban J connectivity index is 4.09. The molecule has 0 bridgehead atoms. The van der Waals surface area contributed by atoms with E-state index in [2.05, 4.69) is 11.9 Å². The van der Waals surface area contributed by atoms with Gasteiger partial charge in [0, 0.05) is 6.61 Å². The van der Waals surface area contributed by atoms with E-state index in [-0.39, 0.29) is 11.8 Å². The molecular formula is C10H16N2O2. The highest BCUT2D eigenvalue weighted by molar-refractivity contribution is 5.96. The zero-order chi connectivity index (χ0) is 11.0. The lowest BCUT2D eigenvalue weighted by Gasteiger charge is -2.17. The molecule has 0 aromatic carbocycles. The zero-order valence-corrected chi connectivity index (χ0v) is 8.67. The van der Waals surface area contributed by atoms with Crippen molar-refractivity contribution in [2.75, 3.05) is 6.61 Å². The first-order valence-corrected chi connectivity index (χ1v) is 4.67.